The zero-order valence-corrected chi connectivity index (χ0v) is 9.59. The molecule has 0 saturated heterocycles. The van der Waals surface area contributed by atoms with Crippen molar-refractivity contribution in [2.45, 2.75) is 5.88 Å². The van der Waals surface area contributed by atoms with Gasteiger partial charge in [-0.1, -0.05) is 48.0 Å². The number of halogens is 2. The third-order valence-corrected chi connectivity index (χ3v) is 2.82. The summed E-state index contributed by atoms with van der Waals surface area (Å²) in [5.41, 5.74) is 3.36. The first-order valence-electron chi connectivity index (χ1n) is 4.71. The van der Waals surface area contributed by atoms with E-state index in [2.05, 4.69) is 12.1 Å². The normalized spacial score (nSPS) is 10.3. The zero-order chi connectivity index (χ0) is 10.7. The minimum Gasteiger partial charge on any atom is -0.122 e. The van der Waals surface area contributed by atoms with Crippen molar-refractivity contribution >= 4 is 23.2 Å². The topological polar surface area (TPSA) is 0 Å². The van der Waals surface area contributed by atoms with Gasteiger partial charge in [0.2, 0.25) is 0 Å². The maximum Gasteiger partial charge on any atom is 0.0480 e. The molecule has 0 bridgehead atoms. The van der Waals surface area contributed by atoms with Gasteiger partial charge in [0.1, 0.15) is 0 Å². The number of rotatable bonds is 2. The Morgan fingerprint density at radius 1 is 0.933 bits per heavy atom. The van der Waals surface area contributed by atoms with Crippen molar-refractivity contribution in [1.82, 2.24) is 0 Å². The summed E-state index contributed by atoms with van der Waals surface area (Å²) in [5, 5.41) is 0.739. The molecule has 2 aromatic carbocycles. The molecule has 0 aliphatic heterocycles. The van der Waals surface area contributed by atoms with Gasteiger partial charge in [-0.3, -0.25) is 0 Å². The Morgan fingerprint density at radius 2 is 1.67 bits per heavy atom. The summed E-state index contributed by atoms with van der Waals surface area (Å²) in [6.07, 6.45) is 0. The van der Waals surface area contributed by atoms with Crippen LogP contribution >= 0.6 is 23.2 Å². The molecule has 0 aromatic heterocycles. The quantitative estimate of drug-likeness (QED) is 0.661. The number of hydrogen-bond donors (Lipinski definition) is 0. The van der Waals surface area contributed by atoms with Crippen LogP contribution < -0.4 is 0 Å². The van der Waals surface area contributed by atoms with Crippen molar-refractivity contribution < 1.29 is 0 Å². The smallest absolute Gasteiger partial charge is 0.0480 e. The Kier molecular flexibility index (Phi) is 3.30. The predicted octanol–water partition coefficient (Wildman–Crippen LogP) is 4.75. The first-order chi connectivity index (χ1) is 7.31. The molecule has 0 nitrogen and oxygen atoms in total. The molecule has 0 fully saturated rings. The molecule has 0 aliphatic rings. The van der Waals surface area contributed by atoms with Crippen LogP contribution in [0.1, 0.15) is 5.56 Å². The van der Waals surface area contributed by atoms with Gasteiger partial charge in [-0.2, -0.15) is 0 Å². The highest BCUT2D eigenvalue weighted by Crippen LogP contribution is 2.27. The average Bonchev–Trinajstić information content (AvgIpc) is 2.30. The van der Waals surface area contributed by atoms with Gasteiger partial charge in [0.05, 0.1) is 0 Å². The molecular weight excluding hydrogens is 227 g/mol. The van der Waals surface area contributed by atoms with Crippen LogP contribution in [0.4, 0.5) is 0 Å². The van der Waals surface area contributed by atoms with E-state index in [9.17, 15) is 0 Å². The third-order valence-electron chi connectivity index (χ3n) is 2.30. The Balaban J connectivity index is 2.56. The molecule has 2 heteroatoms. The standard InChI is InChI=1S/C13H10Cl2/c14-9-11-6-7-12(15)8-13(11)10-4-2-1-3-5-10/h1-8H,9H2. The summed E-state index contributed by atoms with van der Waals surface area (Å²) in [7, 11) is 0. The van der Waals surface area contributed by atoms with Gasteiger partial charge < -0.3 is 0 Å². The molecule has 0 unspecified atom stereocenters. The monoisotopic (exact) mass is 236 g/mol. The molecule has 76 valence electrons. The lowest BCUT2D eigenvalue weighted by atomic mass is 10.0. The first-order valence-corrected chi connectivity index (χ1v) is 5.62. The molecule has 0 amide bonds. The van der Waals surface area contributed by atoms with Crippen molar-refractivity contribution in [3.63, 3.8) is 0 Å². The average molecular weight is 237 g/mol. The lowest BCUT2D eigenvalue weighted by molar-refractivity contribution is 1.40. The molecule has 0 atom stereocenters. The van der Waals surface area contributed by atoms with E-state index in [4.69, 9.17) is 23.2 Å². The number of hydrogen-bond acceptors (Lipinski definition) is 0. The zero-order valence-electron chi connectivity index (χ0n) is 8.08. The second-order valence-electron chi connectivity index (χ2n) is 3.30. The second-order valence-corrected chi connectivity index (χ2v) is 4.00. The van der Waals surface area contributed by atoms with Gasteiger partial charge in [0.25, 0.3) is 0 Å². The van der Waals surface area contributed by atoms with Crippen LogP contribution in [-0.2, 0) is 5.88 Å². The SMILES string of the molecule is ClCc1ccc(Cl)cc1-c1ccccc1. The summed E-state index contributed by atoms with van der Waals surface area (Å²) in [6, 6.07) is 15.9. The Bertz CT molecular complexity index is 449. The number of alkyl halides is 1. The highest BCUT2D eigenvalue weighted by molar-refractivity contribution is 6.31. The molecule has 0 N–H and O–H groups in total. The molecule has 0 heterocycles. The maximum atomic E-state index is 5.98. The highest BCUT2D eigenvalue weighted by Gasteiger charge is 2.04. The first kappa shape index (κ1) is 10.5. The highest BCUT2D eigenvalue weighted by atomic mass is 35.5. The molecule has 0 radical (unpaired) electrons. The van der Waals surface area contributed by atoms with Crippen LogP contribution in [0.25, 0.3) is 11.1 Å². The van der Waals surface area contributed by atoms with Crippen LogP contribution in [0.15, 0.2) is 48.5 Å². The lowest BCUT2D eigenvalue weighted by Gasteiger charge is -2.07. The predicted molar refractivity (Wildman–Crippen MR) is 66.4 cm³/mol. The van der Waals surface area contributed by atoms with Gasteiger partial charge in [0, 0.05) is 10.9 Å². The summed E-state index contributed by atoms with van der Waals surface area (Å²) in [6.45, 7) is 0. The van der Waals surface area contributed by atoms with Crippen molar-refractivity contribution in [1.29, 1.82) is 0 Å². The van der Waals surface area contributed by atoms with Gasteiger partial charge in [0.15, 0.2) is 0 Å². The van der Waals surface area contributed by atoms with E-state index in [1.807, 2.05) is 36.4 Å². The van der Waals surface area contributed by atoms with Gasteiger partial charge in [-0.05, 0) is 28.8 Å². The minimum absolute atomic E-state index is 0.501. The lowest BCUT2D eigenvalue weighted by Crippen LogP contribution is -1.85. The van der Waals surface area contributed by atoms with E-state index in [1.54, 1.807) is 0 Å². The summed E-state index contributed by atoms with van der Waals surface area (Å²) >= 11 is 11.9. The van der Waals surface area contributed by atoms with E-state index in [0.717, 1.165) is 21.7 Å². The van der Waals surface area contributed by atoms with E-state index in [0.29, 0.717) is 5.88 Å². The van der Waals surface area contributed by atoms with Gasteiger partial charge in [-0.25, -0.2) is 0 Å². The summed E-state index contributed by atoms with van der Waals surface area (Å²) < 4.78 is 0. The third kappa shape index (κ3) is 2.34. The van der Waals surface area contributed by atoms with Crippen LogP contribution in [0.3, 0.4) is 0 Å². The molecule has 2 rings (SSSR count). The van der Waals surface area contributed by atoms with Crippen molar-refractivity contribution in [2.75, 3.05) is 0 Å². The van der Waals surface area contributed by atoms with Crippen LogP contribution in [0, 0.1) is 0 Å². The fourth-order valence-corrected chi connectivity index (χ4v) is 1.96. The molecule has 0 spiro atoms. The van der Waals surface area contributed by atoms with E-state index in [1.165, 1.54) is 0 Å². The van der Waals surface area contributed by atoms with Crippen LogP contribution in [-0.4, -0.2) is 0 Å². The maximum absolute atomic E-state index is 5.98. The Hall–Kier alpha value is -0.980. The number of benzene rings is 2. The Labute approximate surface area is 99.5 Å². The molecule has 2 aromatic rings. The minimum atomic E-state index is 0.501. The molecular formula is C13H10Cl2. The molecule has 0 aliphatic carbocycles. The largest absolute Gasteiger partial charge is 0.122 e. The van der Waals surface area contributed by atoms with Crippen LogP contribution in [0.5, 0.6) is 0 Å². The Morgan fingerprint density at radius 3 is 2.33 bits per heavy atom. The second kappa shape index (κ2) is 4.69. The van der Waals surface area contributed by atoms with Crippen molar-refractivity contribution in [2.24, 2.45) is 0 Å². The summed E-state index contributed by atoms with van der Waals surface area (Å²) in [5.74, 6) is 0.501. The van der Waals surface area contributed by atoms with Gasteiger partial charge >= 0.3 is 0 Å². The molecule has 15 heavy (non-hydrogen) atoms. The molecule has 0 saturated carbocycles. The van der Waals surface area contributed by atoms with E-state index >= 15 is 0 Å². The van der Waals surface area contributed by atoms with Gasteiger partial charge in [-0.15, -0.1) is 11.6 Å². The van der Waals surface area contributed by atoms with Crippen molar-refractivity contribution in [3.8, 4) is 11.1 Å². The van der Waals surface area contributed by atoms with Crippen molar-refractivity contribution in [3.05, 3.63) is 59.1 Å². The fourth-order valence-electron chi connectivity index (χ4n) is 1.55. The van der Waals surface area contributed by atoms with E-state index < -0.39 is 0 Å². The summed E-state index contributed by atoms with van der Waals surface area (Å²) in [4.78, 5) is 0. The van der Waals surface area contributed by atoms with E-state index in [-0.39, 0.29) is 0 Å². The fraction of sp³-hybridized carbons (Fsp3) is 0.0769. The van der Waals surface area contributed by atoms with Crippen LogP contribution in [0.2, 0.25) is 5.02 Å².